The molecule has 0 radical (unpaired) electrons. The molecule has 0 spiro atoms. The summed E-state index contributed by atoms with van der Waals surface area (Å²) in [5, 5.41) is 20.9. The van der Waals surface area contributed by atoms with Crippen molar-refractivity contribution < 1.29 is 29.4 Å². The third kappa shape index (κ3) is 4.38. The number of nitrogens with zero attached hydrogens (tertiary/aromatic N) is 2. The van der Waals surface area contributed by atoms with Gasteiger partial charge in [-0.2, -0.15) is 0 Å². The number of carboxylic acid groups (broad SMARTS) is 1. The lowest BCUT2D eigenvalue weighted by Gasteiger charge is -2.22. The van der Waals surface area contributed by atoms with Crippen molar-refractivity contribution in [3.05, 3.63) is 0 Å². The largest absolute Gasteiger partial charge is 0.465 e. The van der Waals surface area contributed by atoms with Crippen molar-refractivity contribution in [2.24, 2.45) is 17.6 Å². The summed E-state index contributed by atoms with van der Waals surface area (Å²) >= 11 is 0. The molecule has 0 aliphatic carbocycles. The Labute approximate surface area is 144 Å². The highest BCUT2D eigenvalue weighted by molar-refractivity contribution is 5.89. The molecule has 25 heavy (non-hydrogen) atoms. The number of likely N-dealkylation sites (tertiary alicyclic amines) is 2. The van der Waals surface area contributed by atoms with Gasteiger partial charge in [0.25, 0.3) is 0 Å². The summed E-state index contributed by atoms with van der Waals surface area (Å²) in [7, 11) is 0. The fourth-order valence-corrected chi connectivity index (χ4v) is 3.27. The molecule has 0 aromatic carbocycles. The van der Waals surface area contributed by atoms with Crippen LogP contribution in [0.2, 0.25) is 0 Å². The van der Waals surface area contributed by atoms with Gasteiger partial charge in [0.15, 0.2) is 0 Å². The number of carbonyl (C=O) groups excluding carboxylic acids is 3. The maximum absolute atomic E-state index is 12.5. The highest BCUT2D eigenvalue weighted by atomic mass is 16.4. The average molecular weight is 356 g/mol. The minimum Gasteiger partial charge on any atom is -0.465 e. The number of nitrogens with one attached hydrogen (secondary N) is 1. The second kappa shape index (κ2) is 7.68. The molecule has 2 heterocycles. The lowest BCUT2D eigenvalue weighted by atomic mass is 10.1. The Hall–Kier alpha value is -2.36. The number of hydrogen-bond acceptors (Lipinski definition) is 5. The second-order valence-corrected chi connectivity index (χ2v) is 6.61. The normalized spacial score (nSPS) is 25.5. The third-order valence-electron chi connectivity index (χ3n) is 4.77. The van der Waals surface area contributed by atoms with E-state index in [1.165, 1.54) is 11.8 Å². The molecule has 0 aromatic rings. The van der Waals surface area contributed by atoms with Gasteiger partial charge < -0.3 is 31.1 Å². The van der Waals surface area contributed by atoms with Crippen LogP contribution in [0.3, 0.4) is 0 Å². The lowest BCUT2D eigenvalue weighted by Crippen LogP contribution is -2.52. The van der Waals surface area contributed by atoms with Crippen molar-refractivity contribution in [2.75, 3.05) is 26.2 Å². The number of carbonyl (C=O) groups is 4. The van der Waals surface area contributed by atoms with Crippen LogP contribution >= 0.6 is 0 Å². The minimum atomic E-state index is -1.17. The van der Waals surface area contributed by atoms with Gasteiger partial charge in [-0.25, -0.2) is 4.79 Å². The topological polar surface area (TPSA) is 153 Å². The zero-order valence-corrected chi connectivity index (χ0v) is 14.1. The van der Waals surface area contributed by atoms with Crippen LogP contribution in [0.4, 0.5) is 4.79 Å². The number of rotatable bonds is 5. The van der Waals surface area contributed by atoms with Crippen molar-refractivity contribution >= 4 is 23.8 Å². The summed E-state index contributed by atoms with van der Waals surface area (Å²) < 4.78 is 0. The fraction of sp³-hybridized carbons (Fsp3) is 0.733. The maximum atomic E-state index is 12.5. The molecule has 2 rings (SSSR count). The Kier molecular flexibility index (Phi) is 5.83. The highest BCUT2D eigenvalue weighted by Gasteiger charge is 2.38. The molecule has 140 valence electrons. The van der Waals surface area contributed by atoms with Crippen LogP contribution in [-0.4, -0.2) is 82.2 Å². The zero-order valence-electron chi connectivity index (χ0n) is 14.1. The molecule has 2 fully saturated rings. The van der Waals surface area contributed by atoms with E-state index < -0.39 is 36.0 Å². The van der Waals surface area contributed by atoms with Crippen LogP contribution in [0.5, 0.6) is 0 Å². The molecule has 4 atom stereocenters. The van der Waals surface area contributed by atoms with Crippen molar-refractivity contribution in [1.82, 2.24) is 15.1 Å². The van der Waals surface area contributed by atoms with Gasteiger partial charge in [-0.05, 0) is 19.8 Å². The standard InChI is InChI=1S/C15H24N4O6/c1-8(20)11(12(16)21)17-13(22)9-2-4-18(6-9)14(23)10-3-5-19(7-10)15(24)25/h8-11,20H,2-7H2,1H3,(H2,16,21)(H,17,22)(H,24,25)/t8-,9+,10-,11+/m1/s1. The van der Waals surface area contributed by atoms with Crippen LogP contribution in [0.1, 0.15) is 19.8 Å². The summed E-state index contributed by atoms with van der Waals surface area (Å²) in [4.78, 5) is 49.7. The Morgan fingerprint density at radius 2 is 1.64 bits per heavy atom. The highest BCUT2D eigenvalue weighted by Crippen LogP contribution is 2.24. The molecule has 0 unspecified atom stereocenters. The second-order valence-electron chi connectivity index (χ2n) is 6.61. The van der Waals surface area contributed by atoms with E-state index in [0.29, 0.717) is 25.9 Å². The molecule has 0 bridgehead atoms. The van der Waals surface area contributed by atoms with Gasteiger partial charge in [-0.1, -0.05) is 0 Å². The van der Waals surface area contributed by atoms with Crippen LogP contribution in [0.15, 0.2) is 0 Å². The predicted octanol–water partition coefficient (Wildman–Crippen LogP) is -1.81. The summed E-state index contributed by atoms with van der Waals surface area (Å²) in [6.45, 7) is 2.47. The fourth-order valence-electron chi connectivity index (χ4n) is 3.27. The molecule has 2 saturated heterocycles. The maximum Gasteiger partial charge on any atom is 0.407 e. The Balaban J connectivity index is 1.88. The first-order chi connectivity index (χ1) is 11.7. The first kappa shape index (κ1) is 19.0. The quantitative estimate of drug-likeness (QED) is 0.455. The van der Waals surface area contributed by atoms with Gasteiger partial charge in [0.1, 0.15) is 6.04 Å². The molecule has 0 saturated carbocycles. The minimum absolute atomic E-state index is 0.152. The SMILES string of the molecule is C[C@@H](O)[C@H](NC(=O)[C@H]1CCN(C(=O)[C@@H]2CCN(C(=O)O)C2)C1)C(N)=O. The van der Waals surface area contributed by atoms with E-state index in [1.807, 2.05) is 0 Å². The number of amides is 4. The summed E-state index contributed by atoms with van der Waals surface area (Å²) in [5.41, 5.74) is 5.15. The van der Waals surface area contributed by atoms with Gasteiger partial charge in [-0.3, -0.25) is 14.4 Å². The first-order valence-electron chi connectivity index (χ1n) is 8.25. The Morgan fingerprint density at radius 3 is 2.16 bits per heavy atom. The number of aliphatic hydroxyl groups is 1. The smallest absolute Gasteiger partial charge is 0.407 e. The molecule has 2 aliphatic heterocycles. The van der Waals surface area contributed by atoms with E-state index in [2.05, 4.69) is 5.32 Å². The molecular formula is C15H24N4O6. The van der Waals surface area contributed by atoms with E-state index in [-0.39, 0.29) is 24.9 Å². The van der Waals surface area contributed by atoms with Crippen LogP contribution in [0, 0.1) is 11.8 Å². The molecular weight excluding hydrogens is 332 g/mol. The summed E-state index contributed by atoms with van der Waals surface area (Å²) in [6.07, 6.45) is -1.23. The molecule has 0 aromatic heterocycles. The summed E-state index contributed by atoms with van der Waals surface area (Å²) in [5.74, 6) is -2.27. The monoisotopic (exact) mass is 356 g/mol. The Morgan fingerprint density at radius 1 is 1.08 bits per heavy atom. The Bertz CT molecular complexity index is 566. The van der Waals surface area contributed by atoms with E-state index in [9.17, 15) is 24.3 Å². The molecule has 2 aliphatic rings. The summed E-state index contributed by atoms with van der Waals surface area (Å²) in [6, 6.07) is -1.17. The number of aliphatic hydroxyl groups excluding tert-OH is 1. The lowest BCUT2D eigenvalue weighted by molar-refractivity contribution is -0.135. The van der Waals surface area contributed by atoms with E-state index >= 15 is 0 Å². The number of primary amides is 1. The van der Waals surface area contributed by atoms with Gasteiger partial charge in [0.05, 0.1) is 17.9 Å². The average Bonchev–Trinajstić information content (AvgIpc) is 3.20. The van der Waals surface area contributed by atoms with Gasteiger partial charge >= 0.3 is 6.09 Å². The van der Waals surface area contributed by atoms with Crippen molar-refractivity contribution in [3.8, 4) is 0 Å². The van der Waals surface area contributed by atoms with Gasteiger partial charge in [0, 0.05) is 26.2 Å². The van der Waals surface area contributed by atoms with Gasteiger partial charge in [-0.15, -0.1) is 0 Å². The molecule has 4 amide bonds. The third-order valence-corrected chi connectivity index (χ3v) is 4.77. The van der Waals surface area contributed by atoms with Crippen molar-refractivity contribution in [1.29, 1.82) is 0 Å². The number of hydrogen-bond donors (Lipinski definition) is 4. The number of nitrogens with two attached hydrogens (primary N) is 1. The van der Waals surface area contributed by atoms with Crippen LogP contribution < -0.4 is 11.1 Å². The zero-order chi connectivity index (χ0) is 18.7. The first-order valence-corrected chi connectivity index (χ1v) is 8.25. The van der Waals surface area contributed by atoms with Crippen LogP contribution in [0.25, 0.3) is 0 Å². The van der Waals surface area contributed by atoms with Crippen molar-refractivity contribution in [3.63, 3.8) is 0 Å². The van der Waals surface area contributed by atoms with E-state index in [4.69, 9.17) is 10.8 Å². The van der Waals surface area contributed by atoms with E-state index in [0.717, 1.165) is 0 Å². The predicted molar refractivity (Wildman–Crippen MR) is 85.2 cm³/mol. The molecule has 10 nitrogen and oxygen atoms in total. The van der Waals surface area contributed by atoms with Crippen molar-refractivity contribution in [2.45, 2.75) is 31.9 Å². The van der Waals surface area contributed by atoms with Crippen LogP contribution in [-0.2, 0) is 14.4 Å². The van der Waals surface area contributed by atoms with E-state index in [1.54, 1.807) is 4.90 Å². The van der Waals surface area contributed by atoms with Gasteiger partial charge in [0.2, 0.25) is 17.7 Å². The molecule has 10 heteroatoms. The molecule has 5 N–H and O–H groups in total.